The zero-order chi connectivity index (χ0) is 15.8. The fourth-order valence-corrected chi connectivity index (χ4v) is 5.79. The molecule has 0 aromatic rings. The smallest absolute Gasteiger partial charge is 0.338 e. The molecule has 0 spiro atoms. The van der Waals surface area contributed by atoms with E-state index >= 15 is 0 Å². The normalized spacial score (nSPS) is 12.0. The van der Waals surface area contributed by atoms with Crippen molar-refractivity contribution in [3.8, 4) is 0 Å². The molecule has 6 N–H and O–H groups in total. The summed E-state index contributed by atoms with van der Waals surface area (Å²) < 4.78 is 12.2. The van der Waals surface area contributed by atoms with Crippen molar-refractivity contribution in [3.63, 3.8) is 0 Å². The molecule has 6 nitrogen and oxygen atoms in total. The molecule has 0 saturated heterocycles. The molecular formula is C14H36N4O2Si. The number of nitrogens with one attached hydrogen (secondary N) is 2. The summed E-state index contributed by atoms with van der Waals surface area (Å²) >= 11 is 0. The SMILES string of the molecule is CCO[Si](CCCNCCN)(CCCNCCN)OCC. The highest BCUT2D eigenvalue weighted by atomic mass is 28.4. The lowest BCUT2D eigenvalue weighted by Gasteiger charge is -2.30. The highest BCUT2D eigenvalue weighted by Crippen LogP contribution is 2.22. The van der Waals surface area contributed by atoms with Crippen LogP contribution in [0.5, 0.6) is 0 Å². The van der Waals surface area contributed by atoms with Crippen LogP contribution in [0, 0.1) is 0 Å². The van der Waals surface area contributed by atoms with Gasteiger partial charge in [-0.1, -0.05) is 0 Å². The van der Waals surface area contributed by atoms with E-state index in [2.05, 4.69) is 24.5 Å². The predicted molar refractivity (Wildman–Crippen MR) is 91.7 cm³/mol. The van der Waals surface area contributed by atoms with Gasteiger partial charge in [-0.3, -0.25) is 0 Å². The van der Waals surface area contributed by atoms with Crippen LogP contribution in [0.2, 0.25) is 12.1 Å². The van der Waals surface area contributed by atoms with Crippen molar-refractivity contribution in [3.05, 3.63) is 0 Å². The van der Waals surface area contributed by atoms with Gasteiger partial charge in [-0.2, -0.15) is 0 Å². The zero-order valence-corrected chi connectivity index (χ0v) is 15.0. The van der Waals surface area contributed by atoms with Crippen molar-refractivity contribution in [1.29, 1.82) is 0 Å². The van der Waals surface area contributed by atoms with Crippen LogP contribution in [0.1, 0.15) is 26.7 Å². The number of hydrogen-bond acceptors (Lipinski definition) is 6. The van der Waals surface area contributed by atoms with Crippen LogP contribution in [-0.2, 0) is 8.85 Å². The summed E-state index contributed by atoms with van der Waals surface area (Å²) in [6.45, 7) is 10.7. The number of nitrogens with two attached hydrogens (primary N) is 2. The Bertz CT molecular complexity index is 201. The first kappa shape index (κ1) is 21.0. The summed E-state index contributed by atoms with van der Waals surface area (Å²) in [5.74, 6) is 0. The zero-order valence-electron chi connectivity index (χ0n) is 14.0. The Morgan fingerprint density at radius 3 is 1.52 bits per heavy atom. The third kappa shape index (κ3) is 11.2. The van der Waals surface area contributed by atoms with Crippen LogP contribution in [0.4, 0.5) is 0 Å². The highest BCUT2D eigenvalue weighted by Gasteiger charge is 2.35. The molecule has 128 valence electrons. The summed E-state index contributed by atoms with van der Waals surface area (Å²) in [5.41, 5.74) is 11.0. The Labute approximate surface area is 131 Å². The lowest BCUT2D eigenvalue weighted by molar-refractivity contribution is 0.180. The largest absolute Gasteiger partial charge is 0.394 e. The topological polar surface area (TPSA) is 94.6 Å². The quantitative estimate of drug-likeness (QED) is 0.243. The minimum absolute atomic E-state index is 0.687. The van der Waals surface area contributed by atoms with Crippen molar-refractivity contribution in [1.82, 2.24) is 10.6 Å². The van der Waals surface area contributed by atoms with E-state index in [1.807, 2.05) is 0 Å². The van der Waals surface area contributed by atoms with Gasteiger partial charge >= 0.3 is 8.56 Å². The standard InChI is InChI=1S/C14H36N4O2Si/c1-3-19-21(20-4-2,13-5-9-17-11-7-15)14-6-10-18-12-8-16/h17-18H,3-16H2,1-2H3. The third-order valence-electron chi connectivity index (χ3n) is 3.28. The molecule has 0 bridgehead atoms. The fourth-order valence-electron chi connectivity index (χ4n) is 2.40. The highest BCUT2D eigenvalue weighted by molar-refractivity contribution is 6.67. The Morgan fingerprint density at radius 1 is 0.762 bits per heavy atom. The van der Waals surface area contributed by atoms with E-state index in [0.717, 1.165) is 64.3 Å². The summed E-state index contributed by atoms with van der Waals surface area (Å²) in [5, 5.41) is 6.67. The molecular weight excluding hydrogens is 284 g/mol. The van der Waals surface area contributed by atoms with E-state index in [1.165, 1.54) is 0 Å². The average molecular weight is 321 g/mol. The fraction of sp³-hybridized carbons (Fsp3) is 1.00. The van der Waals surface area contributed by atoms with Gasteiger partial charge < -0.3 is 31.0 Å². The number of rotatable bonds is 16. The molecule has 0 aromatic carbocycles. The van der Waals surface area contributed by atoms with Gasteiger partial charge in [0.05, 0.1) is 0 Å². The van der Waals surface area contributed by atoms with Crippen LogP contribution < -0.4 is 22.1 Å². The monoisotopic (exact) mass is 320 g/mol. The van der Waals surface area contributed by atoms with Gasteiger partial charge in [0.25, 0.3) is 0 Å². The van der Waals surface area contributed by atoms with E-state index in [1.54, 1.807) is 0 Å². The first-order chi connectivity index (χ1) is 10.2. The van der Waals surface area contributed by atoms with E-state index in [0.29, 0.717) is 13.1 Å². The van der Waals surface area contributed by atoms with E-state index in [-0.39, 0.29) is 0 Å². The molecule has 0 atom stereocenters. The first-order valence-electron chi connectivity index (χ1n) is 8.34. The maximum absolute atomic E-state index is 6.09. The van der Waals surface area contributed by atoms with Gasteiger partial charge in [-0.25, -0.2) is 0 Å². The van der Waals surface area contributed by atoms with Gasteiger partial charge in [0.1, 0.15) is 0 Å². The van der Waals surface area contributed by atoms with Crippen LogP contribution in [0.15, 0.2) is 0 Å². The van der Waals surface area contributed by atoms with Gasteiger partial charge in [-0.05, 0) is 51.9 Å². The Morgan fingerprint density at radius 2 is 1.19 bits per heavy atom. The summed E-state index contributed by atoms with van der Waals surface area (Å²) in [6.07, 6.45) is 2.17. The maximum Gasteiger partial charge on any atom is 0.338 e. The van der Waals surface area contributed by atoms with Crippen molar-refractivity contribution >= 4 is 8.56 Å². The summed E-state index contributed by atoms with van der Waals surface area (Å²) in [6, 6.07) is 2.09. The summed E-state index contributed by atoms with van der Waals surface area (Å²) in [4.78, 5) is 0. The average Bonchev–Trinajstić information content (AvgIpc) is 2.47. The van der Waals surface area contributed by atoms with E-state index < -0.39 is 8.56 Å². The molecule has 0 radical (unpaired) electrons. The van der Waals surface area contributed by atoms with E-state index in [9.17, 15) is 0 Å². The van der Waals surface area contributed by atoms with Gasteiger partial charge in [0.2, 0.25) is 0 Å². The molecule has 0 fully saturated rings. The van der Waals surface area contributed by atoms with Gasteiger partial charge in [0, 0.05) is 39.4 Å². The van der Waals surface area contributed by atoms with Crippen LogP contribution in [0.3, 0.4) is 0 Å². The second kappa shape index (κ2) is 14.9. The molecule has 0 unspecified atom stereocenters. The Kier molecular flexibility index (Phi) is 14.9. The molecule has 0 aromatic heterocycles. The molecule has 0 aliphatic rings. The molecule has 0 amide bonds. The second-order valence-electron chi connectivity index (χ2n) is 5.06. The lowest BCUT2D eigenvalue weighted by Crippen LogP contribution is -2.43. The van der Waals surface area contributed by atoms with Gasteiger partial charge in [-0.15, -0.1) is 0 Å². The maximum atomic E-state index is 6.09. The minimum atomic E-state index is -2.06. The molecule has 21 heavy (non-hydrogen) atoms. The van der Waals surface area contributed by atoms with Crippen LogP contribution in [0.25, 0.3) is 0 Å². The first-order valence-corrected chi connectivity index (χ1v) is 10.6. The lowest BCUT2D eigenvalue weighted by atomic mass is 10.4. The van der Waals surface area contributed by atoms with Crippen molar-refractivity contribution in [2.45, 2.75) is 38.8 Å². The van der Waals surface area contributed by atoms with Crippen LogP contribution >= 0.6 is 0 Å². The van der Waals surface area contributed by atoms with E-state index in [4.69, 9.17) is 20.3 Å². The molecule has 0 aliphatic carbocycles. The summed E-state index contributed by atoms with van der Waals surface area (Å²) in [7, 11) is -2.06. The minimum Gasteiger partial charge on any atom is -0.394 e. The predicted octanol–water partition coefficient (Wildman–Crippen LogP) is 0.378. The molecule has 0 heterocycles. The van der Waals surface area contributed by atoms with Crippen molar-refractivity contribution < 1.29 is 8.85 Å². The molecule has 7 heteroatoms. The Hall–Kier alpha value is -0.0231. The van der Waals surface area contributed by atoms with Crippen LogP contribution in [-0.4, -0.2) is 61.0 Å². The third-order valence-corrected chi connectivity index (χ3v) is 7.14. The van der Waals surface area contributed by atoms with Gasteiger partial charge in [0.15, 0.2) is 0 Å². The molecule has 0 rings (SSSR count). The van der Waals surface area contributed by atoms with Crippen molar-refractivity contribution in [2.24, 2.45) is 11.5 Å². The molecule has 0 aliphatic heterocycles. The number of hydrogen-bond donors (Lipinski definition) is 4. The Balaban J connectivity index is 4.16. The second-order valence-corrected chi connectivity index (χ2v) is 8.46. The van der Waals surface area contributed by atoms with Crippen molar-refractivity contribution in [2.75, 3.05) is 52.5 Å². The molecule has 0 saturated carbocycles.